The lowest BCUT2D eigenvalue weighted by molar-refractivity contribution is 0.0596. The van der Waals surface area contributed by atoms with Crippen LogP contribution in [0.5, 0.6) is 0 Å². The Morgan fingerprint density at radius 2 is 2.00 bits per heavy atom. The molecular weight excluding hydrogens is 368 g/mol. The zero-order chi connectivity index (χ0) is 22.1. The van der Waals surface area contributed by atoms with Crippen LogP contribution >= 0.6 is 0 Å². The molecule has 170 valence electrons. The first-order valence-corrected chi connectivity index (χ1v) is 12.5. The highest BCUT2D eigenvalue weighted by Crippen LogP contribution is 2.60. The Labute approximate surface area is 185 Å². The Hall–Kier alpha value is -0.860. The van der Waals surface area contributed by atoms with E-state index in [9.17, 15) is 10.2 Å². The van der Waals surface area contributed by atoms with Crippen LogP contribution in [0.15, 0.2) is 35.5 Å². The van der Waals surface area contributed by atoms with Crippen molar-refractivity contribution < 1.29 is 10.2 Å². The van der Waals surface area contributed by atoms with E-state index in [1.165, 1.54) is 49.7 Å². The first kappa shape index (κ1) is 23.8. The number of aliphatic hydroxyl groups is 2. The summed E-state index contributed by atoms with van der Waals surface area (Å²) < 4.78 is 0. The average molecular weight is 415 g/mol. The molecule has 30 heavy (non-hydrogen) atoms. The van der Waals surface area contributed by atoms with Gasteiger partial charge in [-0.15, -0.1) is 0 Å². The molecule has 0 radical (unpaired) electrons. The van der Waals surface area contributed by atoms with Gasteiger partial charge in [0, 0.05) is 0 Å². The van der Waals surface area contributed by atoms with E-state index in [1.54, 1.807) is 5.57 Å². The SMILES string of the molecule is C=C1/C(=C\C=C2/CCCC3(C)C2CCC3C(C)CCCC(C)(C)O)CC(O)CC1C. The topological polar surface area (TPSA) is 40.5 Å². The van der Waals surface area contributed by atoms with E-state index < -0.39 is 5.60 Å². The van der Waals surface area contributed by atoms with Crippen molar-refractivity contribution in [3.8, 4) is 0 Å². The number of allylic oxidation sites excluding steroid dienone is 4. The maximum absolute atomic E-state index is 10.2. The fourth-order valence-electron chi connectivity index (χ4n) is 6.99. The molecule has 0 saturated heterocycles. The quantitative estimate of drug-likeness (QED) is 0.492. The Morgan fingerprint density at radius 1 is 1.27 bits per heavy atom. The van der Waals surface area contributed by atoms with Gasteiger partial charge in [-0.2, -0.15) is 0 Å². The van der Waals surface area contributed by atoms with Crippen molar-refractivity contribution in [1.82, 2.24) is 0 Å². The predicted octanol–water partition coefficient (Wildman–Crippen LogP) is 6.98. The molecule has 3 aliphatic carbocycles. The molecule has 0 aromatic heterocycles. The van der Waals surface area contributed by atoms with E-state index in [0.717, 1.165) is 37.5 Å². The molecule has 3 rings (SSSR count). The molecule has 6 unspecified atom stereocenters. The highest BCUT2D eigenvalue weighted by Gasteiger charge is 2.50. The minimum Gasteiger partial charge on any atom is -0.393 e. The van der Waals surface area contributed by atoms with Crippen LogP contribution in [0.3, 0.4) is 0 Å². The van der Waals surface area contributed by atoms with Crippen molar-refractivity contribution in [1.29, 1.82) is 0 Å². The van der Waals surface area contributed by atoms with Crippen LogP contribution in [0.1, 0.15) is 98.8 Å². The van der Waals surface area contributed by atoms with Crippen LogP contribution in [0.2, 0.25) is 0 Å². The molecule has 2 N–H and O–H groups in total. The third-order valence-electron chi connectivity index (χ3n) is 8.76. The smallest absolute Gasteiger partial charge is 0.0591 e. The van der Waals surface area contributed by atoms with Crippen LogP contribution in [-0.4, -0.2) is 21.9 Å². The lowest BCUT2D eigenvalue weighted by Crippen LogP contribution is -2.36. The molecule has 0 aromatic carbocycles. The Bertz CT molecular complexity index is 679. The van der Waals surface area contributed by atoms with Gasteiger partial charge < -0.3 is 10.2 Å². The van der Waals surface area contributed by atoms with Gasteiger partial charge in [-0.1, -0.05) is 57.9 Å². The summed E-state index contributed by atoms with van der Waals surface area (Å²) in [5, 5.41) is 20.2. The molecular formula is C28H46O2. The highest BCUT2D eigenvalue weighted by atomic mass is 16.3. The zero-order valence-corrected chi connectivity index (χ0v) is 20.2. The van der Waals surface area contributed by atoms with Gasteiger partial charge in [-0.25, -0.2) is 0 Å². The average Bonchev–Trinajstić information content (AvgIpc) is 3.00. The van der Waals surface area contributed by atoms with Crippen molar-refractivity contribution >= 4 is 0 Å². The highest BCUT2D eigenvalue weighted by molar-refractivity contribution is 5.37. The van der Waals surface area contributed by atoms with Gasteiger partial charge in [0.1, 0.15) is 0 Å². The van der Waals surface area contributed by atoms with Crippen LogP contribution < -0.4 is 0 Å². The van der Waals surface area contributed by atoms with Crippen LogP contribution in [0.25, 0.3) is 0 Å². The predicted molar refractivity (Wildman–Crippen MR) is 127 cm³/mol. The van der Waals surface area contributed by atoms with Crippen molar-refractivity contribution in [3.63, 3.8) is 0 Å². The van der Waals surface area contributed by atoms with E-state index in [-0.39, 0.29) is 6.10 Å². The van der Waals surface area contributed by atoms with E-state index in [2.05, 4.69) is 39.5 Å². The van der Waals surface area contributed by atoms with E-state index in [0.29, 0.717) is 17.3 Å². The number of hydrogen-bond acceptors (Lipinski definition) is 2. The summed E-state index contributed by atoms with van der Waals surface area (Å²) in [4.78, 5) is 0. The van der Waals surface area contributed by atoms with Crippen LogP contribution in [-0.2, 0) is 0 Å². The summed E-state index contributed by atoms with van der Waals surface area (Å²) in [5.41, 5.74) is 4.01. The Kier molecular flexibility index (Phi) is 7.40. The van der Waals surface area contributed by atoms with Crippen LogP contribution in [0.4, 0.5) is 0 Å². The molecule has 0 aromatic rings. The number of rotatable bonds is 6. The molecule has 0 aliphatic heterocycles. The van der Waals surface area contributed by atoms with Crippen molar-refractivity contribution in [2.45, 2.75) is 111 Å². The van der Waals surface area contributed by atoms with Gasteiger partial charge in [-0.05, 0) is 105 Å². The van der Waals surface area contributed by atoms with Gasteiger partial charge in [0.2, 0.25) is 0 Å². The van der Waals surface area contributed by atoms with Crippen molar-refractivity contribution in [3.05, 3.63) is 35.5 Å². The molecule has 2 heteroatoms. The minimum atomic E-state index is -0.537. The van der Waals surface area contributed by atoms with Gasteiger partial charge in [0.05, 0.1) is 11.7 Å². The van der Waals surface area contributed by atoms with Gasteiger partial charge in [0.15, 0.2) is 0 Å². The molecule has 0 amide bonds. The monoisotopic (exact) mass is 414 g/mol. The summed E-state index contributed by atoms with van der Waals surface area (Å²) in [6, 6.07) is 0. The van der Waals surface area contributed by atoms with E-state index in [1.807, 2.05) is 13.8 Å². The van der Waals surface area contributed by atoms with E-state index in [4.69, 9.17) is 0 Å². The second-order valence-electron chi connectivity index (χ2n) is 11.7. The third kappa shape index (κ3) is 5.30. The lowest BCUT2D eigenvalue weighted by atomic mass is 9.60. The number of aliphatic hydroxyl groups excluding tert-OH is 1. The molecule has 3 fully saturated rings. The van der Waals surface area contributed by atoms with Gasteiger partial charge >= 0.3 is 0 Å². The maximum Gasteiger partial charge on any atom is 0.0591 e. The molecule has 0 spiro atoms. The second kappa shape index (κ2) is 9.33. The number of hydrogen-bond donors (Lipinski definition) is 2. The second-order valence-corrected chi connectivity index (χ2v) is 11.7. The zero-order valence-electron chi connectivity index (χ0n) is 20.2. The summed E-state index contributed by atoms with van der Waals surface area (Å²) in [5.74, 6) is 2.63. The fraction of sp³-hybridized carbons (Fsp3) is 0.786. The Morgan fingerprint density at radius 3 is 2.70 bits per heavy atom. The summed E-state index contributed by atoms with van der Waals surface area (Å²) in [6.45, 7) is 15.4. The fourth-order valence-corrected chi connectivity index (χ4v) is 6.99. The Balaban J connectivity index is 1.70. The standard InChI is InChI=1S/C28H46O2/c1-19(9-7-15-27(4,5)30)25-13-14-26-22(10-8-16-28(25,26)6)11-12-23-18-24(29)17-20(2)21(23)3/h11-12,19-20,24-26,29-30H,3,7-10,13-18H2,1-2,4-6H3/b22-11+,23-12-. The van der Waals surface area contributed by atoms with Crippen molar-refractivity contribution in [2.75, 3.05) is 0 Å². The first-order chi connectivity index (χ1) is 14.0. The molecule has 0 bridgehead atoms. The van der Waals surface area contributed by atoms with E-state index >= 15 is 0 Å². The normalized spacial score (nSPS) is 38.8. The summed E-state index contributed by atoms with van der Waals surface area (Å²) >= 11 is 0. The molecule has 6 atom stereocenters. The lowest BCUT2D eigenvalue weighted by Gasteiger charge is -2.44. The van der Waals surface area contributed by atoms with Crippen LogP contribution in [0, 0.1) is 29.1 Å². The molecule has 0 heterocycles. The largest absolute Gasteiger partial charge is 0.393 e. The molecule has 2 nitrogen and oxygen atoms in total. The maximum atomic E-state index is 10.2. The summed E-state index contributed by atoms with van der Waals surface area (Å²) in [6.07, 6.45) is 15.9. The van der Waals surface area contributed by atoms with Gasteiger partial charge in [-0.3, -0.25) is 0 Å². The first-order valence-electron chi connectivity index (χ1n) is 12.5. The summed E-state index contributed by atoms with van der Waals surface area (Å²) in [7, 11) is 0. The van der Waals surface area contributed by atoms with Gasteiger partial charge in [0.25, 0.3) is 0 Å². The molecule has 3 saturated carbocycles. The third-order valence-corrected chi connectivity index (χ3v) is 8.76. The van der Waals surface area contributed by atoms with Crippen molar-refractivity contribution in [2.24, 2.45) is 29.1 Å². The molecule has 3 aliphatic rings. The minimum absolute atomic E-state index is 0.215. The number of fused-ring (bicyclic) bond motifs is 1.